The highest BCUT2D eigenvalue weighted by atomic mass is 35.5. The summed E-state index contributed by atoms with van der Waals surface area (Å²) in [4.78, 5) is 0. The second-order valence-corrected chi connectivity index (χ2v) is 5.08. The lowest BCUT2D eigenvalue weighted by atomic mass is 9.78. The topological polar surface area (TPSA) is 0 Å². The van der Waals surface area contributed by atoms with Crippen LogP contribution in [0.25, 0.3) is 0 Å². The van der Waals surface area contributed by atoms with E-state index in [2.05, 4.69) is 39.8 Å². The summed E-state index contributed by atoms with van der Waals surface area (Å²) in [5.74, 6) is 0.534. The van der Waals surface area contributed by atoms with Crippen LogP contribution in [-0.2, 0) is 0 Å². The molecule has 0 fully saturated rings. The molecule has 1 heteroatoms. The quantitative estimate of drug-likeness (QED) is 0.621. The first-order valence-corrected chi connectivity index (χ1v) is 5.04. The fourth-order valence-electron chi connectivity index (χ4n) is 1.28. The lowest BCUT2D eigenvalue weighted by Gasteiger charge is -2.27. The van der Waals surface area contributed by atoms with E-state index in [0.717, 1.165) is 5.02 Å². The largest absolute Gasteiger partial charge is 0.0843 e. The summed E-state index contributed by atoms with van der Waals surface area (Å²) in [6.45, 7) is 8.99. The molecular formula is C12H17Cl. The van der Waals surface area contributed by atoms with Crippen LogP contribution in [0.5, 0.6) is 0 Å². The number of halogens is 1. The van der Waals surface area contributed by atoms with E-state index in [1.807, 2.05) is 12.1 Å². The second-order valence-electron chi connectivity index (χ2n) is 4.64. The molecule has 0 aromatic heterocycles. The monoisotopic (exact) mass is 196 g/mol. The molecule has 1 aromatic carbocycles. The van der Waals surface area contributed by atoms with Crippen molar-refractivity contribution in [3.8, 4) is 0 Å². The Morgan fingerprint density at radius 3 is 2.31 bits per heavy atom. The Bertz CT molecular complexity index is 283. The van der Waals surface area contributed by atoms with Gasteiger partial charge in [0.15, 0.2) is 0 Å². The smallest absolute Gasteiger partial charge is 0.0408 e. The van der Waals surface area contributed by atoms with Crippen LogP contribution in [0.15, 0.2) is 24.3 Å². The molecule has 0 saturated heterocycles. The molecule has 72 valence electrons. The predicted octanol–water partition coefficient (Wildman–Crippen LogP) is 4.49. The minimum absolute atomic E-state index is 0.296. The van der Waals surface area contributed by atoms with Gasteiger partial charge in [0.25, 0.3) is 0 Å². The van der Waals surface area contributed by atoms with E-state index in [9.17, 15) is 0 Å². The molecule has 0 heterocycles. The molecule has 1 atom stereocenters. The van der Waals surface area contributed by atoms with Crippen LogP contribution in [0.4, 0.5) is 0 Å². The van der Waals surface area contributed by atoms with Crippen molar-refractivity contribution in [1.29, 1.82) is 0 Å². The van der Waals surface area contributed by atoms with Crippen LogP contribution in [0.3, 0.4) is 0 Å². The Hall–Kier alpha value is -0.490. The number of hydrogen-bond acceptors (Lipinski definition) is 0. The summed E-state index contributed by atoms with van der Waals surface area (Å²) >= 11 is 5.94. The predicted molar refractivity (Wildman–Crippen MR) is 59.3 cm³/mol. The third-order valence-electron chi connectivity index (χ3n) is 2.65. The minimum atomic E-state index is 0.296. The fourth-order valence-corrected chi connectivity index (χ4v) is 1.47. The van der Waals surface area contributed by atoms with Crippen LogP contribution in [0.1, 0.15) is 39.2 Å². The molecule has 0 N–H and O–H groups in total. The summed E-state index contributed by atoms with van der Waals surface area (Å²) in [5.41, 5.74) is 1.62. The van der Waals surface area contributed by atoms with E-state index in [4.69, 9.17) is 11.6 Å². The van der Waals surface area contributed by atoms with Gasteiger partial charge in [0.05, 0.1) is 0 Å². The van der Waals surface area contributed by atoms with Crippen molar-refractivity contribution < 1.29 is 0 Å². The van der Waals surface area contributed by atoms with Crippen molar-refractivity contribution in [3.63, 3.8) is 0 Å². The summed E-state index contributed by atoms with van der Waals surface area (Å²) in [5, 5.41) is 0.827. The maximum absolute atomic E-state index is 5.94. The zero-order valence-corrected chi connectivity index (χ0v) is 9.52. The third kappa shape index (κ3) is 2.73. The van der Waals surface area contributed by atoms with E-state index >= 15 is 0 Å². The number of hydrogen-bond donors (Lipinski definition) is 0. The molecule has 1 rings (SSSR count). The van der Waals surface area contributed by atoms with Crippen molar-refractivity contribution >= 4 is 11.6 Å². The summed E-state index contributed by atoms with van der Waals surface area (Å²) in [6, 6.07) is 8.12. The van der Waals surface area contributed by atoms with E-state index < -0.39 is 0 Å². The molecule has 0 spiro atoms. The van der Waals surface area contributed by atoms with Crippen molar-refractivity contribution in [2.45, 2.75) is 33.6 Å². The first-order valence-electron chi connectivity index (χ1n) is 4.67. The Labute approximate surface area is 85.9 Å². The molecular weight excluding hydrogens is 180 g/mol. The second kappa shape index (κ2) is 3.71. The highest BCUT2D eigenvalue weighted by molar-refractivity contribution is 6.30. The van der Waals surface area contributed by atoms with Crippen LogP contribution >= 0.6 is 11.6 Å². The SMILES string of the molecule is CC(c1cccc(Cl)c1)C(C)(C)C. The van der Waals surface area contributed by atoms with Crippen LogP contribution in [0.2, 0.25) is 5.02 Å². The van der Waals surface area contributed by atoms with Gasteiger partial charge in [0, 0.05) is 5.02 Å². The van der Waals surface area contributed by atoms with Gasteiger partial charge < -0.3 is 0 Å². The van der Waals surface area contributed by atoms with Crippen molar-refractivity contribution in [1.82, 2.24) is 0 Å². The Balaban J connectivity index is 2.96. The van der Waals surface area contributed by atoms with Crippen LogP contribution < -0.4 is 0 Å². The molecule has 0 nitrogen and oxygen atoms in total. The van der Waals surface area contributed by atoms with Gasteiger partial charge in [0.2, 0.25) is 0 Å². The highest BCUT2D eigenvalue weighted by Gasteiger charge is 2.21. The molecule has 1 aromatic rings. The Morgan fingerprint density at radius 1 is 1.23 bits per heavy atom. The fraction of sp³-hybridized carbons (Fsp3) is 0.500. The number of benzene rings is 1. The normalized spacial score (nSPS) is 14.2. The van der Waals surface area contributed by atoms with E-state index in [-0.39, 0.29) is 0 Å². The summed E-state index contributed by atoms with van der Waals surface area (Å²) < 4.78 is 0. The van der Waals surface area contributed by atoms with Gasteiger partial charge in [0.1, 0.15) is 0 Å². The Morgan fingerprint density at radius 2 is 1.85 bits per heavy atom. The van der Waals surface area contributed by atoms with E-state index in [0.29, 0.717) is 11.3 Å². The van der Waals surface area contributed by atoms with E-state index in [1.54, 1.807) is 0 Å². The lowest BCUT2D eigenvalue weighted by molar-refractivity contribution is 0.339. The number of rotatable bonds is 1. The first kappa shape index (κ1) is 10.6. The molecule has 0 aliphatic carbocycles. The third-order valence-corrected chi connectivity index (χ3v) is 2.88. The standard InChI is InChI=1S/C12H17Cl/c1-9(12(2,3)4)10-6-5-7-11(13)8-10/h5-9H,1-4H3. The van der Waals surface area contributed by atoms with Gasteiger partial charge in [-0.05, 0) is 29.0 Å². The minimum Gasteiger partial charge on any atom is -0.0843 e. The van der Waals surface area contributed by atoms with Gasteiger partial charge >= 0.3 is 0 Å². The molecule has 0 aliphatic rings. The summed E-state index contributed by atoms with van der Waals surface area (Å²) in [7, 11) is 0. The van der Waals surface area contributed by atoms with Gasteiger partial charge in [-0.25, -0.2) is 0 Å². The van der Waals surface area contributed by atoms with Crippen LogP contribution in [0, 0.1) is 5.41 Å². The van der Waals surface area contributed by atoms with Crippen molar-refractivity contribution in [3.05, 3.63) is 34.9 Å². The van der Waals surface area contributed by atoms with Gasteiger partial charge in [-0.15, -0.1) is 0 Å². The molecule has 0 radical (unpaired) electrons. The molecule has 0 aliphatic heterocycles. The first-order chi connectivity index (χ1) is 5.91. The molecule has 0 bridgehead atoms. The van der Waals surface area contributed by atoms with Crippen molar-refractivity contribution in [2.24, 2.45) is 5.41 Å². The maximum Gasteiger partial charge on any atom is 0.0408 e. The molecule has 0 amide bonds. The highest BCUT2D eigenvalue weighted by Crippen LogP contribution is 2.34. The average molecular weight is 197 g/mol. The van der Waals surface area contributed by atoms with E-state index in [1.165, 1.54) is 5.56 Å². The van der Waals surface area contributed by atoms with Gasteiger partial charge in [-0.1, -0.05) is 51.4 Å². The van der Waals surface area contributed by atoms with Gasteiger partial charge in [-0.2, -0.15) is 0 Å². The summed E-state index contributed by atoms with van der Waals surface area (Å²) in [6.07, 6.45) is 0. The average Bonchev–Trinajstić information content (AvgIpc) is 2.01. The zero-order valence-electron chi connectivity index (χ0n) is 8.76. The van der Waals surface area contributed by atoms with Crippen molar-refractivity contribution in [2.75, 3.05) is 0 Å². The lowest BCUT2D eigenvalue weighted by Crippen LogP contribution is -2.15. The Kier molecular flexibility index (Phi) is 3.02. The van der Waals surface area contributed by atoms with Crippen LogP contribution in [-0.4, -0.2) is 0 Å². The molecule has 1 unspecified atom stereocenters. The molecule has 0 saturated carbocycles. The molecule has 13 heavy (non-hydrogen) atoms. The maximum atomic E-state index is 5.94. The zero-order chi connectivity index (χ0) is 10.1. The van der Waals surface area contributed by atoms with Gasteiger partial charge in [-0.3, -0.25) is 0 Å².